The predicted molar refractivity (Wildman–Crippen MR) is 83.1 cm³/mol. The first-order valence-electron chi connectivity index (χ1n) is 8.93. The second-order valence-electron chi connectivity index (χ2n) is 7.91. The van der Waals surface area contributed by atoms with Gasteiger partial charge in [-0.1, -0.05) is 20.4 Å². The Morgan fingerprint density at radius 3 is 2.75 bits per heavy atom. The van der Waals surface area contributed by atoms with E-state index in [1.54, 1.807) is 0 Å². The van der Waals surface area contributed by atoms with Crippen molar-refractivity contribution in [2.24, 2.45) is 23.7 Å². The Hall–Kier alpha value is -0.950. The summed E-state index contributed by atoms with van der Waals surface area (Å²) in [6.07, 6.45) is 3.76. The second kappa shape index (κ2) is 5.53. The summed E-state index contributed by atoms with van der Waals surface area (Å²) in [5, 5.41) is 0. The Balaban J connectivity index is 1.72. The molecule has 134 valence electrons. The van der Waals surface area contributed by atoms with Crippen molar-refractivity contribution in [2.75, 3.05) is 0 Å². The van der Waals surface area contributed by atoms with E-state index in [0.29, 0.717) is 11.8 Å². The minimum Gasteiger partial charge on any atom is -0.432 e. The molecule has 4 heterocycles. The Labute approximate surface area is 142 Å². The average Bonchev–Trinajstić information content (AvgIpc) is 2.78. The van der Waals surface area contributed by atoms with Crippen LogP contribution in [-0.4, -0.2) is 29.9 Å². The first-order chi connectivity index (χ1) is 11.4. The van der Waals surface area contributed by atoms with Gasteiger partial charge < -0.3 is 14.2 Å². The van der Waals surface area contributed by atoms with Crippen LogP contribution in [0.15, 0.2) is 12.7 Å². The molecule has 0 amide bonds. The van der Waals surface area contributed by atoms with Crippen LogP contribution in [0, 0.1) is 23.7 Å². The fraction of sp³-hybridized carbons (Fsp3) is 0.833. The normalized spacial score (nSPS) is 53.0. The topological polar surface area (TPSA) is 63.2 Å². The summed E-state index contributed by atoms with van der Waals surface area (Å²) in [6.45, 7) is 9.66. The molecule has 24 heavy (non-hydrogen) atoms. The van der Waals surface area contributed by atoms with E-state index >= 15 is 0 Å². The van der Waals surface area contributed by atoms with Gasteiger partial charge in [-0.15, -0.1) is 0 Å². The number of carbonyl (C=O) groups is 1. The SMILES string of the molecule is C=CC(=O)O[C@H]1O[C@@H]2O[C@@]3(C)CC[C@H]4[C@H](C)CC[C@@H]([C@H]1C)[C@@]24OO3. The van der Waals surface area contributed by atoms with E-state index in [-0.39, 0.29) is 11.8 Å². The van der Waals surface area contributed by atoms with Crippen LogP contribution in [0.4, 0.5) is 0 Å². The third kappa shape index (κ3) is 2.20. The minimum absolute atomic E-state index is 0.00481. The summed E-state index contributed by atoms with van der Waals surface area (Å²) in [5.41, 5.74) is -0.621. The Morgan fingerprint density at radius 2 is 2.00 bits per heavy atom. The van der Waals surface area contributed by atoms with Gasteiger partial charge in [-0.2, -0.15) is 0 Å². The van der Waals surface area contributed by atoms with E-state index in [2.05, 4.69) is 13.5 Å². The maximum Gasteiger partial charge on any atom is 0.332 e. The Kier molecular flexibility index (Phi) is 3.80. The smallest absolute Gasteiger partial charge is 0.332 e. The molecule has 1 spiro atoms. The standard InChI is InChI=1S/C18H26O6/c1-5-14(19)20-15-11(3)13-7-6-10(2)12-8-9-17(4)22-16(21-15)18(12,13)24-23-17/h5,10-13,15-16H,1,6-9H2,2-4H3/t10-,11-,12+,13+,15+,16-,17-,18-/m1/s1. The third-order valence-electron chi connectivity index (χ3n) is 6.50. The van der Waals surface area contributed by atoms with E-state index in [0.717, 1.165) is 31.8 Å². The number of ether oxygens (including phenoxy) is 3. The summed E-state index contributed by atoms with van der Waals surface area (Å²) in [7, 11) is 0. The van der Waals surface area contributed by atoms with Crippen molar-refractivity contribution in [1.82, 2.24) is 0 Å². The molecule has 1 aliphatic carbocycles. The molecule has 0 N–H and O–H groups in total. The number of carbonyl (C=O) groups excluding carboxylic acids is 1. The molecule has 4 saturated heterocycles. The summed E-state index contributed by atoms with van der Waals surface area (Å²) >= 11 is 0. The van der Waals surface area contributed by atoms with Crippen molar-refractivity contribution in [2.45, 2.75) is 70.4 Å². The van der Waals surface area contributed by atoms with Crippen molar-refractivity contribution >= 4 is 5.97 Å². The van der Waals surface area contributed by atoms with Gasteiger partial charge in [0.15, 0.2) is 11.9 Å². The van der Waals surface area contributed by atoms with Crippen molar-refractivity contribution < 1.29 is 28.8 Å². The van der Waals surface area contributed by atoms with Gasteiger partial charge in [0.05, 0.1) is 0 Å². The molecule has 5 aliphatic rings. The monoisotopic (exact) mass is 338 g/mol. The van der Waals surface area contributed by atoms with E-state index in [4.69, 9.17) is 24.0 Å². The number of fused-ring (bicyclic) bond motifs is 2. The van der Waals surface area contributed by atoms with E-state index in [1.807, 2.05) is 13.8 Å². The first-order valence-corrected chi connectivity index (χ1v) is 8.93. The van der Waals surface area contributed by atoms with Gasteiger partial charge in [0.2, 0.25) is 12.1 Å². The zero-order chi connectivity index (χ0) is 17.1. The number of hydrogen-bond donors (Lipinski definition) is 0. The molecule has 4 aliphatic heterocycles. The van der Waals surface area contributed by atoms with Crippen LogP contribution in [-0.2, 0) is 28.8 Å². The second-order valence-corrected chi connectivity index (χ2v) is 7.91. The number of hydrogen-bond acceptors (Lipinski definition) is 6. The van der Waals surface area contributed by atoms with Gasteiger partial charge >= 0.3 is 5.97 Å². The van der Waals surface area contributed by atoms with Crippen LogP contribution in [0.5, 0.6) is 0 Å². The molecule has 5 rings (SSSR count). The predicted octanol–water partition coefficient (Wildman–Crippen LogP) is 2.92. The fourth-order valence-corrected chi connectivity index (χ4v) is 5.17. The molecule has 0 aromatic carbocycles. The van der Waals surface area contributed by atoms with Crippen molar-refractivity contribution in [1.29, 1.82) is 0 Å². The Morgan fingerprint density at radius 1 is 1.21 bits per heavy atom. The molecule has 6 heteroatoms. The maximum absolute atomic E-state index is 11.7. The molecule has 8 atom stereocenters. The molecule has 6 nitrogen and oxygen atoms in total. The van der Waals surface area contributed by atoms with Crippen LogP contribution < -0.4 is 0 Å². The van der Waals surface area contributed by atoms with Gasteiger partial charge in [-0.05, 0) is 38.0 Å². The highest BCUT2D eigenvalue weighted by atomic mass is 17.3. The van der Waals surface area contributed by atoms with E-state index in [9.17, 15) is 4.79 Å². The van der Waals surface area contributed by atoms with Crippen molar-refractivity contribution in [3.63, 3.8) is 0 Å². The lowest BCUT2D eigenvalue weighted by Gasteiger charge is -2.59. The molecule has 5 fully saturated rings. The zero-order valence-corrected chi connectivity index (χ0v) is 14.5. The van der Waals surface area contributed by atoms with Crippen LogP contribution in [0.25, 0.3) is 0 Å². The lowest BCUT2D eigenvalue weighted by molar-refractivity contribution is -0.576. The van der Waals surface area contributed by atoms with Gasteiger partial charge in [-0.3, -0.25) is 0 Å². The largest absolute Gasteiger partial charge is 0.432 e. The average molecular weight is 338 g/mol. The maximum atomic E-state index is 11.7. The lowest BCUT2D eigenvalue weighted by Crippen LogP contribution is -2.70. The lowest BCUT2D eigenvalue weighted by atomic mass is 9.58. The fourth-order valence-electron chi connectivity index (χ4n) is 5.17. The quantitative estimate of drug-likeness (QED) is 0.438. The van der Waals surface area contributed by atoms with E-state index in [1.165, 1.54) is 0 Å². The molecule has 2 bridgehead atoms. The molecule has 1 saturated carbocycles. The third-order valence-corrected chi connectivity index (χ3v) is 6.50. The van der Waals surface area contributed by atoms with Crippen LogP contribution in [0.2, 0.25) is 0 Å². The molecule has 0 unspecified atom stereocenters. The molecular weight excluding hydrogens is 312 g/mol. The van der Waals surface area contributed by atoms with Gasteiger partial charge in [0.1, 0.15) is 0 Å². The van der Waals surface area contributed by atoms with Gasteiger partial charge in [0.25, 0.3) is 0 Å². The zero-order valence-electron chi connectivity index (χ0n) is 14.5. The van der Waals surface area contributed by atoms with E-state index < -0.39 is 29.9 Å². The van der Waals surface area contributed by atoms with Crippen molar-refractivity contribution in [3.05, 3.63) is 12.7 Å². The Bertz CT molecular complexity index is 550. The summed E-state index contributed by atoms with van der Waals surface area (Å²) in [6, 6.07) is 0. The highest BCUT2D eigenvalue weighted by Crippen LogP contribution is 2.60. The first kappa shape index (κ1) is 16.5. The van der Waals surface area contributed by atoms with Gasteiger partial charge in [-0.25, -0.2) is 14.6 Å². The summed E-state index contributed by atoms with van der Waals surface area (Å²) < 4.78 is 17.7. The highest BCUT2D eigenvalue weighted by Gasteiger charge is 2.69. The molecule has 0 radical (unpaired) electrons. The highest BCUT2D eigenvalue weighted by molar-refractivity contribution is 5.81. The number of esters is 1. The number of rotatable bonds is 2. The molecule has 0 aromatic heterocycles. The van der Waals surface area contributed by atoms with Crippen LogP contribution >= 0.6 is 0 Å². The minimum atomic E-state index is -0.814. The van der Waals surface area contributed by atoms with Crippen molar-refractivity contribution in [3.8, 4) is 0 Å². The molecular formula is C18H26O6. The van der Waals surface area contributed by atoms with Gasteiger partial charge in [0, 0.05) is 24.3 Å². The summed E-state index contributed by atoms with van der Waals surface area (Å²) in [4.78, 5) is 23.5. The van der Waals surface area contributed by atoms with Crippen LogP contribution in [0.3, 0.4) is 0 Å². The molecule has 0 aromatic rings. The van der Waals surface area contributed by atoms with Crippen LogP contribution in [0.1, 0.15) is 46.5 Å². The summed E-state index contributed by atoms with van der Waals surface area (Å²) in [5.74, 6) is -0.322.